The van der Waals surface area contributed by atoms with E-state index >= 15 is 0 Å². The fourth-order valence-corrected chi connectivity index (χ4v) is 3.89. The second kappa shape index (κ2) is 12.4. The molecule has 6 nitrogen and oxygen atoms in total. The van der Waals surface area contributed by atoms with Gasteiger partial charge in [-0.15, -0.1) is 11.8 Å². The molecule has 0 heterocycles. The van der Waals surface area contributed by atoms with Gasteiger partial charge in [-0.05, 0) is 68.3 Å². The van der Waals surface area contributed by atoms with Gasteiger partial charge in [0.05, 0.1) is 13.7 Å². The molecule has 0 aliphatic heterocycles. The quantitative estimate of drug-likeness (QED) is 0.474. The number of ether oxygens (including phenoxy) is 3. The molecule has 0 radical (unpaired) electrons. The van der Waals surface area contributed by atoms with E-state index in [0.29, 0.717) is 18.7 Å². The van der Waals surface area contributed by atoms with Crippen LogP contribution in [0.2, 0.25) is 0 Å². The van der Waals surface area contributed by atoms with Crippen LogP contribution >= 0.6 is 11.8 Å². The van der Waals surface area contributed by atoms with Gasteiger partial charge in [-0.3, -0.25) is 10.1 Å². The third kappa shape index (κ3) is 9.22. The third-order valence-electron chi connectivity index (χ3n) is 4.44. The first-order valence-electron chi connectivity index (χ1n) is 10.7. The Labute approximate surface area is 195 Å². The highest BCUT2D eigenvalue weighted by molar-refractivity contribution is 8.00. The maximum absolute atomic E-state index is 11.9. The van der Waals surface area contributed by atoms with Gasteiger partial charge < -0.3 is 14.2 Å². The Hall–Kier alpha value is -2.67. The largest absolute Gasteiger partial charge is 0.493 e. The number of hydrogen-bond donors (Lipinski definition) is 1. The van der Waals surface area contributed by atoms with Crippen molar-refractivity contribution < 1.29 is 23.8 Å². The highest BCUT2D eigenvalue weighted by atomic mass is 32.2. The Morgan fingerprint density at radius 1 is 1.00 bits per heavy atom. The molecule has 1 N–H and O–H groups in total. The van der Waals surface area contributed by atoms with Gasteiger partial charge in [0, 0.05) is 12.1 Å². The summed E-state index contributed by atoms with van der Waals surface area (Å²) >= 11 is 1.59. The van der Waals surface area contributed by atoms with Crippen molar-refractivity contribution in [2.24, 2.45) is 0 Å². The SMILES string of the molecule is CCSC(Cc1ccc(OCCc2ccc(NC(=O)OC(C)(C)C)cc2)cc1)C(=O)OC. The molecule has 0 aromatic heterocycles. The number of methoxy groups -OCH3 is 1. The van der Waals surface area contributed by atoms with Crippen LogP contribution in [0.5, 0.6) is 5.75 Å². The summed E-state index contributed by atoms with van der Waals surface area (Å²) in [5.74, 6) is 1.46. The molecule has 7 heteroatoms. The molecule has 0 fully saturated rings. The number of esters is 1. The molecule has 2 aromatic carbocycles. The Bertz CT molecular complexity index is 859. The number of thioether (sulfide) groups is 1. The van der Waals surface area contributed by atoms with E-state index in [1.807, 2.05) is 76.2 Å². The monoisotopic (exact) mass is 459 g/mol. The zero-order chi connectivity index (χ0) is 23.6. The highest BCUT2D eigenvalue weighted by Crippen LogP contribution is 2.20. The lowest BCUT2D eigenvalue weighted by molar-refractivity contribution is -0.139. The summed E-state index contributed by atoms with van der Waals surface area (Å²) in [5, 5.41) is 2.53. The summed E-state index contributed by atoms with van der Waals surface area (Å²) < 4.78 is 16.0. The van der Waals surface area contributed by atoms with Crippen LogP contribution < -0.4 is 10.1 Å². The van der Waals surface area contributed by atoms with Crippen molar-refractivity contribution in [2.75, 3.05) is 24.8 Å². The molecular weight excluding hydrogens is 426 g/mol. The minimum atomic E-state index is -0.531. The van der Waals surface area contributed by atoms with E-state index in [2.05, 4.69) is 5.32 Å². The number of carbonyl (C=O) groups is 2. The van der Waals surface area contributed by atoms with Gasteiger partial charge in [-0.25, -0.2) is 4.79 Å². The van der Waals surface area contributed by atoms with Crippen LogP contribution in [0.25, 0.3) is 0 Å². The molecule has 0 spiro atoms. The van der Waals surface area contributed by atoms with Crippen molar-refractivity contribution in [3.05, 3.63) is 59.7 Å². The van der Waals surface area contributed by atoms with Crippen molar-refractivity contribution >= 4 is 29.5 Å². The molecule has 2 rings (SSSR count). The zero-order valence-corrected chi connectivity index (χ0v) is 20.3. The molecule has 0 aliphatic rings. The maximum Gasteiger partial charge on any atom is 0.412 e. The van der Waals surface area contributed by atoms with E-state index in [0.717, 1.165) is 29.1 Å². The van der Waals surface area contributed by atoms with Crippen LogP contribution in [-0.2, 0) is 27.1 Å². The molecule has 0 saturated carbocycles. The molecule has 1 amide bonds. The predicted molar refractivity (Wildman–Crippen MR) is 130 cm³/mol. The number of benzene rings is 2. The molecule has 2 aromatic rings. The summed E-state index contributed by atoms with van der Waals surface area (Å²) in [5.41, 5.74) is 2.33. The van der Waals surface area contributed by atoms with Crippen molar-refractivity contribution in [2.45, 2.75) is 51.4 Å². The number of hydrogen-bond acceptors (Lipinski definition) is 6. The number of amides is 1. The van der Waals surface area contributed by atoms with Crippen molar-refractivity contribution in [1.29, 1.82) is 0 Å². The van der Waals surface area contributed by atoms with Crippen LogP contribution in [0.3, 0.4) is 0 Å². The summed E-state index contributed by atoms with van der Waals surface area (Å²) in [6.07, 6.45) is 0.907. The summed E-state index contributed by atoms with van der Waals surface area (Å²) in [7, 11) is 1.42. The lowest BCUT2D eigenvalue weighted by Gasteiger charge is -2.19. The average Bonchev–Trinajstić information content (AvgIpc) is 2.74. The van der Waals surface area contributed by atoms with Crippen LogP contribution in [0, 0.1) is 0 Å². The Kier molecular flexibility index (Phi) is 9.91. The van der Waals surface area contributed by atoms with Crippen molar-refractivity contribution in [3.8, 4) is 5.75 Å². The topological polar surface area (TPSA) is 73.9 Å². The van der Waals surface area contributed by atoms with Gasteiger partial charge in [-0.1, -0.05) is 31.2 Å². The number of anilines is 1. The van der Waals surface area contributed by atoms with Crippen LogP contribution in [-0.4, -0.2) is 42.4 Å². The van der Waals surface area contributed by atoms with Crippen LogP contribution in [0.1, 0.15) is 38.8 Å². The Morgan fingerprint density at radius 2 is 1.62 bits per heavy atom. The van der Waals surface area contributed by atoms with E-state index in [1.54, 1.807) is 11.8 Å². The van der Waals surface area contributed by atoms with E-state index in [9.17, 15) is 9.59 Å². The predicted octanol–water partition coefficient (Wildman–Crippen LogP) is 5.49. The van der Waals surface area contributed by atoms with Crippen LogP contribution in [0.4, 0.5) is 10.5 Å². The maximum atomic E-state index is 11.9. The molecule has 0 saturated heterocycles. The van der Waals surface area contributed by atoms with E-state index in [4.69, 9.17) is 14.2 Å². The highest BCUT2D eigenvalue weighted by Gasteiger charge is 2.19. The molecule has 0 bridgehead atoms. The summed E-state index contributed by atoms with van der Waals surface area (Å²) in [6.45, 7) is 8.05. The van der Waals surface area contributed by atoms with Gasteiger partial charge in [0.2, 0.25) is 0 Å². The summed E-state index contributed by atoms with van der Waals surface area (Å²) in [4.78, 5) is 23.7. The van der Waals surface area contributed by atoms with Gasteiger partial charge in [0.25, 0.3) is 0 Å². The molecule has 174 valence electrons. The molecule has 1 unspecified atom stereocenters. The Balaban J connectivity index is 1.79. The third-order valence-corrected chi connectivity index (χ3v) is 5.53. The molecule has 0 aliphatic carbocycles. The van der Waals surface area contributed by atoms with Crippen molar-refractivity contribution in [1.82, 2.24) is 0 Å². The minimum absolute atomic E-state index is 0.190. The number of carbonyl (C=O) groups excluding carboxylic acids is 2. The number of rotatable bonds is 10. The van der Waals surface area contributed by atoms with Gasteiger partial charge in [-0.2, -0.15) is 0 Å². The molecule has 1 atom stereocenters. The fraction of sp³-hybridized carbons (Fsp3) is 0.440. The first kappa shape index (κ1) is 25.6. The van der Waals surface area contributed by atoms with Gasteiger partial charge in [0.15, 0.2) is 0 Å². The zero-order valence-electron chi connectivity index (χ0n) is 19.5. The first-order valence-corrected chi connectivity index (χ1v) is 11.7. The summed E-state index contributed by atoms with van der Waals surface area (Å²) in [6, 6.07) is 15.4. The molecule has 32 heavy (non-hydrogen) atoms. The lowest BCUT2D eigenvalue weighted by atomic mass is 10.1. The normalized spacial score (nSPS) is 12.0. The Morgan fingerprint density at radius 3 is 2.19 bits per heavy atom. The van der Waals surface area contributed by atoms with E-state index in [1.165, 1.54) is 7.11 Å². The lowest BCUT2D eigenvalue weighted by Crippen LogP contribution is -2.27. The van der Waals surface area contributed by atoms with Gasteiger partial charge in [0.1, 0.15) is 16.6 Å². The smallest absolute Gasteiger partial charge is 0.412 e. The second-order valence-electron chi connectivity index (χ2n) is 8.24. The second-order valence-corrected chi connectivity index (χ2v) is 9.72. The van der Waals surface area contributed by atoms with Gasteiger partial charge >= 0.3 is 12.1 Å². The number of nitrogens with one attached hydrogen (secondary N) is 1. The first-order chi connectivity index (χ1) is 15.2. The fourth-order valence-electron chi connectivity index (χ4n) is 2.94. The standard InChI is InChI=1S/C25H33NO5S/c1-6-32-22(23(27)29-5)17-19-9-13-21(14-10-19)30-16-15-18-7-11-20(12-8-18)26-24(28)31-25(2,3)4/h7-14,22H,6,15-17H2,1-5H3,(H,26,28). The minimum Gasteiger partial charge on any atom is -0.493 e. The van der Waals surface area contributed by atoms with Crippen LogP contribution in [0.15, 0.2) is 48.5 Å². The average molecular weight is 460 g/mol. The molecular formula is C25H33NO5S. The van der Waals surface area contributed by atoms with Crippen molar-refractivity contribution in [3.63, 3.8) is 0 Å². The van der Waals surface area contributed by atoms with E-state index < -0.39 is 11.7 Å². The van der Waals surface area contributed by atoms with E-state index in [-0.39, 0.29) is 11.2 Å².